The number of aryl methyl sites for hydroxylation is 1. The van der Waals surface area contributed by atoms with Gasteiger partial charge in [0.2, 0.25) is 0 Å². The summed E-state index contributed by atoms with van der Waals surface area (Å²) in [4.78, 5) is 0. The van der Waals surface area contributed by atoms with E-state index >= 15 is 0 Å². The van der Waals surface area contributed by atoms with Crippen molar-refractivity contribution in [2.24, 2.45) is 0 Å². The predicted molar refractivity (Wildman–Crippen MR) is 80.8 cm³/mol. The molecule has 2 rings (SSSR count). The standard InChI is InChI=1S/C17H20FNO/c1-4-16(13-6-5-7-14(18)11-13)19-15-8-9-17(20-3)12(2)10-15/h5-11,16,19H,4H2,1-3H3. The molecule has 2 aromatic carbocycles. The minimum absolute atomic E-state index is 0.0958. The average molecular weight is 273 g/mol. The lowest BCUT2D eigenvalue weighted by atomic mass is 10.0. The molecule has 0 aliphatic carbocycles. The Hall–Kier alpha value is -2.03. The molecule has 1 unspecified atom stereocenters. The topological polar surface area (TPSA) is 21.3 Å². The maximum Gasteiger partial charge on any atom is 0.123 e. The van der Waals surface area contributed by atoms with Gasteiger partial charge in [-0.25, -0.2) is 4.39 Å². The van der Waals surface area contributed by atoms with Crippen molar-refractivity contribution in [2.45, 2.75) is 26.3 Å². The van der Waals surface area contributed by atoms with Crippen molar-refractivity contribution in [2.75, 3.05) is 12.4 Å². The second-order valence-electron chi connectivity index (χ2n) is 4.84. The molecule has 0 saturated heterocycles. The number of hydrogen-bond donors (Lipinski definition) is 1. The highest BCUT2D eigenvalue weighted by Crippen LogP contribution is 2.26. The van der Waals surface area contributed by atoms with Crippen LogP contribution in [0, 0.1) is 12.7 Å². The Labute approximate surface area is 119 Å². The molecule has 0 radical (unpaired) electrons. The fourth-order valence-electron chi connectivity index (χ4n) is 2.31. The van der Waals surface area contributed by atoms with Crippen LogP contribution >= 0.6 is 0 Å². The molecule has 0 aromatic heterocycles. The van der Waals surface area contributed by atoms with Crippen LogP contribution in [0.2, 0.25) is 0 Å². The third-order valence-electron chi connectivity index (χ3n) is 3.40. The fraction of sp³-hybridized carbons (Fsp3) is 0.294. The Bertz CT molecular complexity index is 583. The van der Waals surface area contributed by atoms with Crippen molar-refractivity contribution in [3.8, 4) is 5.75 Å². The van der Waals surface area contributed by atoms with Crippen molar-refractivity contribution < 1.29 is 9.13 Å². The Morgan fingerprint density at radius 1 is 1.20 bits per heavy atom. The summed E-state index contributed by atoms with van der Waals surface area (Å²) in [6.07, 6.45) is 0.883. The first-order valence-electron chi connectivity index (χ1n) is 6.80. The molecule has 2 aromatic rings. The van der Waals surface area contributed by atoms with Crippen LogP contribution in [0.4, 0.5) is 10.1 Å². The first-order valence-corrected chi connectivity index (χ1v) is 6.80. The highest BCUT2D eigenvalue weighted by molar-refractivity contribution is 5.52. The van der Waals surface area contributed by atoms with Gasteiger partial charge in [-0.1, -0.05) is 19.1 Å². The largest absolute Gasteiger partial charge is 0.496 e. The zero-order chi connectivity index (χ0) is 14.5. The van der Waals surface area contributed by atoms with E-state index in [0.717, 1.165) is 29.0 Å². The number of nitrogens with one attached hydrogen (secondary N) is 1. The molecule has 0 fully saturated rings. The number of hydrogen-bond acceptors (Lipinski definition) is 2. The van der Waals surface area contributed by atoms with E-state index < -0.39 is 0 Å². The summed E-state index contributed by atoms with van der Waals surface area (Å²) >= 11 is 0. The maximum absolute atomic E-state index is 13.3. The van der Waals surface area contributed by atoms with Crippen LogP contribution in [0.25, 0.3) is 0 Å². The Morgan fingerprint density at radius 2 is 2.00 bits per heavy atom. The van der Waals surface area contributed by atoms with E-state index in [1.54, 1.807) is 19.2 Å². The molecule has 0 heterocycles. The van der Waals surface area contributed by atoms with Crippen LogP contribution in [0.1, 0.15) is 30.5 Å². The molecule has 1 N–H and O–H groups in total. The van der Waals surface area contributed by atoms with Crippen molar-refractivity contribution in [1.29, 1.82) is 0 Å². The second kappa shape index (κ2) is 6.42. The normalized spacial score (nSPS) is 12.0. The van der Waals surface area contributed by atoms with Crippen molar-refractivity contribution in [3.63, 3.8) is 0 Å². The molecule has 0 aliphatic rings. The van der Waals surface area contributed by atoms with Gasteiger partial charge in [0.25, 0.3) is 0 Å². The van der Waals surface area contributed by atoms with Gasteiger partial charge in [0.15, 0.2) is 0 Å². The fourth-order valence-corrected chi connectivity index (χ4v) is 2.31. The molecule has 106 valence electrons. The number of benzene rings is 2. The molecular formula is C17H20FNO. The van der Waals surface area contributed by atoms with Gasteiger partial charge in [0.05, 0.1) is 13.2 Å². The summed E-state index contributed by atoms with van der Waals surface area (Å²) in [5.41, 5.74) is 3.05. The lowest BCUT2D eigenvalue weighted by Gasteiger charge is -2.19. The molecule has 3 heteroatoms. The summed E-state index contributed by atoms with van der Waals surface area (Å²) < 4.78 is 18.6. The first-order chi connectivity index (χ1) is 9.63. The van der Waals surface area contributed by atoms with E-state index in [-0.39, 0.29) is 11.9 Å². The van der Waals surface area contributed by atoms with Gasteiger partial charge in [-0.05, 0) is 54.8 Å². The van der Waals surface area contributed by atoms with Gasteiger partial charge in [-0.2, -0.15) is 0 Å². The van der Waals surface area contributed by atoms with Gasteiger partial charge in [0.1, 0.15) is 11.6 Å². The van der Waals surface area contributed by atoms with Crippen molar-refractivity contribution >= 4 is 5.69 Å². The van der Waals surface area contributed by atoms with Crippen molar-refractivity contribution in [3.05, 3.63) is 59.4 Å². The molecule has 2 nitrogen and oxygen atoms in total. The van der Waals surface area contributed by atoms with Gasteiger partial charge >= 0.3 is 0 Å². The van der Waals surface area contributed by atoms with Crippen LogP contribution in [-0.2, 0) is 0 Å². The first kappa shape index (κ1) is 14.4. The summed E-state index contributed by atoms with van der Waals surface area (Å²) in [5, 5.41) is 3.44. The quantitative estimate of drug-likeness (QED) is 0.852. The SMILES string of the molecule is CCC(Nc1ccc(OC)c(C)c1)c1cccc(F)c1. The van der Waals surface area contributed by atoms with E-state index in [0.29, 0.717) is 0 Å². The number of ether oxygens (including phenoxy) is 1. The third kappa shape index (κ3) is 3.29. The van der Waals surface area contributed by atoms with Crippen LogP contribution in [-0.4, -0.2) is 7.11 Å². The summed E-state index contributed by atoms with van der Waals surface area (Å²) in [6, 6.07) is 12.8. The molecule has 1 atom stereocenters. The van der Waals surface area contributed by atoms with E-state index in [1.807, 2.05) is 31.2 Å². The average Bonchev–Trinajstić information content (AvgIpc) is 2.45. The minimum atomic E-state index is -0.200. The monoisotopic (exact) mass is 273 g/mol. The molecule has 20 heavy (non-hydrogen) atoms. The van der Waals surface area contributed by atoms with E-state index in [1.165, 1.54) is 6.07 Å². The van der Waals surface area contributed by atoms with Gasteiger partial charge in [-0.15, -0.1) is 0 Å². The summed E-state index contributed by atoms with van der Waals surface area (Å²) in [7, 11) is 1.66. The molecular weight excluding hydrogens is 253 g/mol. The Morgan fingerprint density at radius 3 is 2.60 bits per heavy atom. The Kier molecular flexibility index (Phi) is 4.61. The van der Waals surface area contributed by atoms with Gasteiger partial charge < -0.3 is 10.1 Å². The number of methoxy groups -OCH3 is 1. The molecule has 0 bridgehead atoms. The molecule has 0 amide bonds. The van der Waals surface area contributed by atoms with E-state index in [2.05, 4.69) is 12.2 Å². The van der Waals surface area contributed by atoms with Crippen LogP contribution in [0.3, 0.4) is 0 Å². The van der Waals surface area contributed by atoms with Crippen LogP contribution < -0.4 is 10.1 Å². The van der Waals surface area contributed by atoms with Gasteiger partial charge in [0, 0.05) is 5.69 Å². The van der Waals surface area contributed by atoms with E-state index in [4.69, 9.17) is 4.74 Å². The van der Waals surface area contributed by atoms with E-state index in [9.17, 15) is 4.39 Å². The zero-order valence-corrected chi connectivity index (χ0v) is 12.1. The summed E-state index contributed by atoms with van der Waals surface area (Å²) in [5.74, 6) is 0.669. The number of rotatable bonds is 5. The highest BCUT2D eigenvalue weighted by Gasteiger charge is 2.10. The van der Waals surface area contributed by atoms with Crippen molar-refractivity contribution in [1.82, 2.24) is 0 Å². The minimum Gasteiger partial charge on any atom is -0.496 e. The molecule has 0 aliphatic heterocycles. The number of halogens is 1. The van der Waals surface area contributed by atoms with Crippen LogP contribution in [0.15, 0.2) is 42.5 Å². The zero-order valence-electron chi connectivity index (χ0n) is 12.1. The smallest absolute Gasteiger partial charge is 0.123 e. The second-order valence-corrected chi connectivity index (χ2v) is 4.84. The third-order valence-corrected chi connectivity index (χ3v) is 3.40. The van der Waals surface area contributed by atoms with Crippen LogP contribution in [0.5, 0.6) is 5.75 Å². The molecule has 0 saturated carbocycles. The van der Waals surface area contributed by atoms with Gasteiger partial charge in [-0.3, -0.25) is 0 Å². The maximum atomic E-state index is 13.3. The molecule has 0 spiro atoms. The summed E-state index contributed by atoms with van der Waals surface area (Å²) in [6.45, 7) is 4.09. The Balaban J connectivity index is 2.20. The highest BCUT2D eigenvalue weighted by atomic mass is 19.1. The lowest BCUT2D eigenvalue weighted by molar-refractivity contribution is 0.412. The predicted octanol–water partition coefficient (Wildman–Crippen LogP) is 4.71. The number of anilines is 1. The lowest BCUT2D eigenvalue weighted by Crippen LogP contribution is -2.10.